The second-order valence-electron chi connectivity index (χ2n) is 5.34. The van der Waals surface area contributed by atoms with Crippen LogP contribution in [0.3, 0.4) is 0 Å². The number of fused-ring (bicyclic) bond motifs is 1. The van der Waals surface area contributed by atoms with Gasteiger partial charge < -0.3 is 4.57 Å². The SMILES string of the molecule is [N-]=[N+]=NCc1cccc(Cn2cc(C(=O)N=[N+]=[N-])c3cc(F)ccc32)n1. The van der Waals surface area contributed by atoms with Crippen molar-refractivity contribution in [3.05, 3.63) is 86.2 Å². The van der Waals surface area contributed by atoms with E-state index < -0.39 is 11.7 Å². The Morgan fingerprint density at radius 2 is 2.00 bits per heavy atom. The molecule has 0 radical (unpaired) electrons. The van der Waals surface area contributed by atoms with Gasteiger partial charge in [0.05, 0.1) is 24.3 Å². The van der Waals surface area contributed by atoms with Gasteiger partial charge in [-0.2, -0.15) is 0 Å². The lowest BCUT2D eigenvalue weighted by atomic mass is 10.1. The van der Waals surface area contributed by atoms with E-state index in [9.17, 15) is 9.18 Å². The maximum atomic E-state index is 13.6. The largest absolute Gasteiger partial charge is 0.341 e. The number of hydrogen-bond donors (Lipinski definition) is 0. The number of amides is 1. The van der Waals surface area contributed by atoms with Crippen molar-refractivity contribution in [3.8, 4) is 0 Å². The molecular weight excluding hydrogens is 339 g/mol. The number of carbonyl (C=O) groups is 1. The molecule has 0 aliphatic heterocycles. The van der Waals surface area contributed by atoms with Crippen molar-refractivity contribution in [1.82, 2.24) is 9.55 Å². The Bertz CT molecular complexity index is 1090. The van der Waals surface area contributed by atoms with Crippen LogP contribution in [0.4, 0.5) is 4.39 Å². The molecule has 0 atom stereocenters. The highest BCUT2D eigenvalue weighted by Crippen LogP contribution is 2.24. The molecule has 3 rings (SSSR count). The lowest BCUT2D eigenvalue weighted by Gasteiger charge is -2.06. The molecule has 0 fully saturated rings. The van der Waals surface area contributed by atoms with Crippen LogP contribution in [0.25, 0.3) is 31.8 Å². The van der Waals surface area contributed by atoms with Crippen molar-refractivity contribution in [3.63, 3.8) is 0 Å². The molecule has 26 heavy (non-hydrogen) atoms. The molecule has 10 heteroatoms. The highest BCUT2D eigenvalue weighted by Gasteiger charge is 2.15. The van der Waals surface area contributed by atoms with Gasteiger partial charge in [-0.1, -0.05) is 11.2 Å². The van der Waals surface area contributed by atoms with Gasteiger partial charge in [0.2, 0.25) is 0 Å². The summed E-state index contributed by atoms with van der Waals surface area (Å²) < 4.78 is 15.3. The number of carbonyl (C=O) groups excluding carboxylic acids is 1. The van der Waals surface area contributed by atoms with Crippen LogP contribution in [0, 0.1) is 5.82 Å². The topological polar surface area (TPSA) is 132 Å². The van der Waals surface area contributed by atoms with E-state index in [0.29, 0.717) is 28.8 Å². The molecule has 0 spiro atoms. The molecule has 2 heterocycles. The molecular formula is C16H11FN8O. The molecule has 0 aliphatic rings. The van der Waals surface area contributed by atoms with Gasteiger partial charge in [-0.15, -0.1) is 0 Å². The number of halogens is 1. The minimum Gasteiger partial charge on any atom is -0.341 e. The highest BCUT2D eigenvalue weighted by molar-refractivity contribution is 6.07. The standard InChI is InChI=1S/C16H11FN8O/c17-10-4-5-15-13(6-10)14(16(26)22-24-19)9-25(15)8-12-3-1-2-11(21-12)7-20-23-18/h1-6,9H,7-8H2. The van der Waals surface area contributed by atoms with Crippen LogP contribution in [0.1, 0.15) is 21.7 Å². The predicted molar refractivity (Wildman–Crippen MR) is 91.6 cm³/mol. The minimum atomic E-state index is -0.785. The first-order valence-corrected chi connectivity index (χ1v) is 7.46. The van der Waals surface area contributed by atoms with Crippen LogP contribution in [-0.2, 0) is 13.1 Å². The molecule has 3 aromatic rings. The summed E-state index contributed by atoms with van der Waals surface area (Å²) in [6.45, 7) is 0.429. The van der Waals surface area contributed by atoms with Crippen LogP contribution >= 0.6 is 0 Å². The lowest BCUT2D eigenvalue weighted by molar-refractivity contribution is 0.100. The quantitative estimate of drug-likeness (QED) is 0.381. The maximum absolute atomic E-state index is 13.6. The van der Waals surface area contributed by atoms with E-state index in [0.717, 1.165) is 0 Å². The molecule has 0 N–H and O–H groups in total. The molecule has 2 aromatic heterocycles. The summed E-state index contributed by atoms with van der Waals surface area (Å²) in [6.07, 6.45) is 1.50. The van der Waals surface area contributed by atoms with Gasteiger partial charge in [-0.05, 0) is 46.5 Å². The molecule has 0 unspecified atom stereocenters. The Morgan fingerprint density at radius 1 is 1.19 bits per heavy atom. The number of nitrogens with zero attached hydrogens (tertiary/aromatic N) is 8. The maximum Gasteiger partial charge on any atom is 0.251 e. The van der Waals surface area contributed by atoms with Crippen molar-refractivity contribution in [2.75, 3.05) is 0 Å². The van der Waals surface area contributed by atoms with Crippen molar-refractivity contribution in [1.29, 1.82) is 0 Å². The number of pyridine rings is 1. The normalized spacial score (nSPS) is 10.2. The van der Waals surface area contributed by atoms with E-state index in [2.05, 4.69) is 25.0 Å². The summed E-state index contributed by atoms with van der Waals surface area (Å²) in [4.78, 5) is 21.6. The van der Waals surface area contributed by atoms with Gasteiger partial charge in [0.15, 0.2) is 0 Å². The van der Waals surface area contributed by atoms with Crippen molar-refractivity contribution < 1.29 is 9.18 Å². The number of rotatable bonds is 5. The third kappa shape index (κ3) is 3.46. The summed E-state index contributed by atoms with van der Waals surface area (Å²) >= 11 is 0. The van der Waals surface area contributed by atoms with E-state index in [4.69, 9.17) is 11.1 Å². The van der Waals surface area contributed by atoms with Gasteiger partial charge in [-0.3, -0.25) is 9.78 Å². The van der Waals surface area contributed by atoms with Crippen LogP contribution in [0.5, 0.6) is 0 Å². The zero-order valence-electron chi connectivity index (χ0n) is 13.3. The second kappa shape index (κ2) is 7.35. The third-order valence-electron chi connectivity index (χ3n) is 3.70. The third-order valence-corrected chi connectivity index (χ3v) is 3.70. The van der Waals surface area contributed by atoms with Gasteiger partial charge in [0.1, 0.15) is 5.82 Å². The van der Waals surface area contributed by atoms with Crippen LogP contribution in [0.15, 0.2) is 52.8 Å². The van der Waals surface area contributed by atoms with Crippen molar-refractivity contribution in [2.24, 2.45) is 10.2 Å². The Labute approximate surface area is 145 Å². The zero-order valence-corrected chi connectivity index (χ0v) is 13.3. The Kier molecular flexibility index (Phi) is 4.80. The molecule has 9 nitrogen and oxygen atoms in total. The first kappa shape index (κ1) is 17.0. The second-order valence-corrected chi connectivity index (χ2v) is 5.34. The van der Waals surface area contributed by atoms with Crippen LogP contribution in [-0.4, -0.2) is 15.5 Å². The van der Waals surface area contributed by atoms with Crippen molar-refractivity contribution >= 4 is 16.8 Å². The average Bonchev–Trinajstić information content (AvgIpc) is 2.98. The number of hydrogen-bond acceptors (Lipinski definition) is 3. The van der Waals surface area contributed by atoms with E-state index in [1.54, 1.807) is 28.8 Å². The fraction of sp³-hybridized carbons (Fsp3) is 0.125. The fourth-order valence-electron chi connectivity index (χ4n) is 2.65. The van der Waals surface area contributed by atoms with Gasteiger partial charge in [-0.25, -0.2) is 4.39 Å². The minimum absolute atomic E-state index is 0.113. The van der Waals surface area contributed by atoms with Crippen LogP contribution < -0.4 is 0 Å². The molecule has 0 saturated heterocycles. The number of azide groups is 2. The van der Waals surface area contributed by atoms with E-state index in [1.165, 1.54) is 18.3 Å². The summed E-state index contributed by atoms with van der Waals surface area (Å²) in [7, 11) is 0. The number of benzene rings is 1. The van der Waals surface area contributed by atoms with E-state index >= 15 is 0 Å². The first-order valence-electron chi connectivity index (χ1n) is 7.46. The number of aromatic nitrogens is 2. The van der Waals surface area contributed by atoms with Gasteiger partial charge >= 0.3 is 0 Å². The smallest absolute Gasteiger partial charge is 0.251 e. The van der Waals surface area contributed by atoms with Crippen LogP contribution in [0.2, 0.25) is 0 Å². The molecule has 0 saturated carbocycles. The molecule has 1 aromatic carbocycles. The molecule has 0 bridgehead atoms. The summed E-state index contributed by atoms with van der Waals surface area (Å²) in [5, 5.41) is 6.92. The summed E-state index contributed by atoms with van der Waals surface area (Å²) in [5.74, 6) is -1.29. The monoisotopic (exact) mass is 350 g/mol. The Hall–Kier alpha value is -3.87. The fourth-order valence-corrected chi connectivity index (χ4v) is 2.65. The van der Waals surface area contributed by atoms with Crippen molar-refractivity contribution in [2.45, 2.75) is 13.1 Å². The van der Waals surface area contributed by atoms with E-state index in [1.807, 2.05) is 0 Å². The highest BCUT2D eigenvalue weighted by atomic mass is 19.1. The van der Waals surface area contributed by atoms with Gasteiger partial charge in [0.25, 0.3) is 5.91 Å². The summed E-state index contributed by atoms with van der Waals surface area (Å²) in [5.41, 5.74) is 18.9. The zero-order chi connectivity index (χ0) is 18.5. The lowest BCUT2D eigenvalue weighted by Crippen LogP contribution is -2.02. The Balaban J connectivity index is 2.04. The molecule has 1 amide bonds. The summed E-state index contributed by atoms with van der Waals surface area (Å²) in [6, 6.07) is 9.34. The predicted octanol–water partition coefficient (Wildman–Crippen LogP) is 4.48. The average molecular weight is 350 g/mol. The van der Waals surface area contributed by atoms with E-state index in [-0.39, 0.29) is 12.1 Å². The first-order chi connectivity index (χ1) is 12.6. The van der Waals surface area contributed by atoms with Gasteiger partial charge in [0, 0.05) is 32.6 Å². The Morgan fingerprint density at radius 3 is 2.77 bits per heavy atom. The molecule has 0 aliphatic carbocycles. The molecule has 128 valence electrons.